The fourth-order valence-electron chi connectivity index (χ4n) is 4.30. The first kappa shape index (κ1) is 16.7. The van der Waals surface area contributed by atoms with E-state index < -0.39 is 15.9 Å². The number of hydrogen-bond donors (Lipinski definition) is 0. The quantitative estimate of drug-likeness (QED) is 0.502. The first-order valence-corrected chi connectivity index (χ1v) is 19.1. The Balaban J connectivity index is 1.94. The van der Waals surface area contributed by atoms with Crippen molar-refractivity contribution in [2.24, 2.45) is 0 Å². The molecule has 24 heavy (non-hydrogen) atoms. The second-order valence-corrected chi connectivity index (χ2v) is 28.0. The van der Waals surface area contributed by atoms with E-state index in [4.69, 9.17) is 17.0 Å². The Kier molecular flexibility index (Phi) is 4.11. The number of rotatable bonds is 3. The predicted molar refractivity (Wildman–Crippen MR) is 104 cm³/mol. The molecule has 0 aliphatic heterocycles. The van der Waals surface area contributed by atoms with Crippen LogP contribution >= 0.6 is 17.0 Å². The van der Waals surface area contributed by atoms with Gasteiger partial charge < -0.3 is 0 Å². The van der Waals surface area contributed by atoms with Crippen LogP contribution in [0.3, 0.4) is 0 Å². The third kappa shape index (κ3) is 2.40. The molecule has 0 heterocycles. The number of benzene rings is 2. The molecule has 0 saturated heterocycles. The van der Waals surface area contributed by atoms with E-state index in [2.05, 4.69) is 83.5 Å². The average Bonchev–Trinajstić information content (AvgIpc) is 3.20. The van der Waals surface area contributed by atoms with E-state index in [0.717, 1.165) is 6.42 Å². The van der Waals surface area contributed by atoms with E-state index >= 15 is 0 Å². The summed E-state index contributed by atoms with van der Waals surface area (Å²) in [6.45, 7) is 2.15. The van der Waals surface area contributed by atoms with E-state index in [9.17, 15) is 0 Å². The zero-order valence-electron chi connectivity index (χ0n) is 13.6. The van der Waals surface area contributed by atoms with Crippen LogP contribution in [-0.4, -0.2) is 3.71 Å². The van der Waals surface area contributed by atoms with Crippen LogP contribution in [0.25, 0.3) is 12.2 Å². The molecule has 0 fully saturated rings. The van der Waals surface area contributed by atoms with Crippen molar-refractivity contribution in [1.82, 2.24) is 0 Å². The summed E-state index contributed by atoms with van der Waals surface area (Å²) < 4.78 is 2.55. The summed E-state index contributed by atoms with van der Waals surface area (Å²) in [4.78, 5) is 0. The van der Waals surface area contributed by atoms with Gasteiger partial charge in [-0.2, -0.15) is 0 Å². The summed E-state index contributed by atoms with van der Waals surface area (Å²) in [5.74, 6) is 0. The van der Waals surface area contributed by atoms with Crippen molar-refractivity contribution >= 4 is 32.9 Å². The van der Waals surface area contributed by atoms with Gasteiger partial charge in [0.1, 0.15) is 0 Å². The Hall–Kier alpha value is -0.747. The molecule has 0 N–H and O–H groups in total. The predicted octanol–water partition coefficient (Wildman–Crippen LogP) is 6.73. The molecule has 0 nitrogen and oxygen atoms in total. The van der Waals surface area contributed by atoms with Crippen LogP contribution in [0.4, 0.5) is 0 Å². The molecule has 0 amide bonds. The molecule has 3 heteroatoms. The van der Waals surface area contributed by atoms with Gasteiger partial charge in [0.05, 0.1) is 0 Å². The zero-order valence-corrected chi connectivity index (χ0v) is 17.6. The van der Waals surface area contributed by atoms with Crippen molar-refractivity contribution in [2.75, 3.05) is 0 Å². The van der Waals surface area contributed by atoms with Gasteiger partial charge in [-0.1, -0.05) is 0 Å². The zero-order chi connectivity index (χ0) is 16.8. The maximum absolute atomic E-state index is 7.58. The van der Waals surface area contributed by atoms with Crippen LogP contribution in [-0.2, 0) is 15.9 Å². The van der Waals surface area contributed by atoms with Crippen LogP contribution in [0.1, 0.15) is 42.8 Å². The van der Waals surface area contributed by atoms with Crippen LogP contribution in [0, 0.1) is 0 Å². The SMILES string of the molecule is CC[CH]=[Zr]([Cl])([Cl])([CH]1C=Cc2ccccc21)[CH]1C=Cc2ccccc21. The topological polar surface area (TPSA) is 0 Å². The summed E-state index contributed by atoms with van der Waals surface area (Å²) in [5.41, 5.74) is 5.08. The molecule has 4 rings (SSSR count). The molecule has 0 saturated carbocycles. The Morgan fingerprint density at radius 1 is 0.833 bits per heavy atom. The fourth-order valence-corrected chi connectivity index (χ4v) is 21.2. The standard InChI is InChI=1S/2C9H7.C3H6.2ClH.Zr/c2*1-2-5-9-7-3-6-8(9)4-1;1-3-2;;;/h2*1-7H;1H,3H2,2H3;2*1H;/q;;;;;+2/p-2. The molecule has 0 radical (unpaired) electrons. The number of halogens is 2. The van der Waals surface area contributed by atoms with E-state index in [1.807, 2.05) is 0 Å². The summed E-state index contributed by atoms with van der Waals surface area (Å²) in [6, 6.07) is 17.0. The van der Waals surface area contributed by atoms with Gasteiger partial charge in [0.2, 0.25) is 0 Å². The van der Waals surface area contributed by atoms with Gasteiger partial charge in [0, 0.05) is 0 Å². The molecule has 2 aromatic carbocycles. The molecular formula is C21H20Cl2Zr. The van der Waals surface area contributed by atoms with Crippen LogP contribution in [0.5, 0.6) is 0 Å². The van der Waals surface area contributed by atoms with Crippen molar-refractivity contribution in [2.45, 2.75) is 20.6 Å². The van der Waals surface area contributed by atoms with E-state index in [1.54, 1.807) is 0 Å². The molecule has 2 aliphatic rings. The van der Waals surface area contributed by atoms with Gasteiger partial charge in [-0.05, 0) is 0 Å². The van der Waals surface area contributed by atoms with Gasteiger partial charge >= 0.3 is 152 Å². The Bertz CT molecular complexity index is 863. The van der Waals surface area contributed by atoms with E-state index in [0.29, 0.717) is 0 Å². The Morgan fingerprint density at radius 2 is 1.29 bits per heavy atom. The first-order valence-electron chi connectivity index (χ1n) is 8.50. The van der Waals surface area contributed by atoms with Crippen LogP contribution in [0.2, 0.25) is 0 Å². The van der Waals surface area contributed by atoms with Crippen LogP contribution in [0.15, 0.2) is 60.7 Å². The minimum atomic E-state index is -4.33. The summed E-state index contributed by atoms with van der Waals surface area (Å²) in [7, 11) is 15.2. The molecule has 2 atom stereocenters. The van der Waals surface area contributed by atoms with Gasteiger partial charge in [-0.15, -0.1) is 0 Å². The van der Waals surface area contributed by atoms with Crippen molar-refractivity contribution < 1.29 is 15.9 Å². The molecule has 122 valence electrons. The first-order chi connectivity index (χ1) is 11.5. The monoisotopic (exact) mass is 432 g/mol. The fraction of sp³-hybridized carbons (Fsp3) is 0.190. The number of hydrogen-bond acceptors (Lipinski definition) is 0. The Morgan fingerprint density at radius 3 is 1.75 bits per heavy atom. The summed E-state index contributed by atoms with van der Waals surface area (Å²) >= 11 is -4.33. The average molecular weight is 435 g/mol. The van der Waals surface area contributed by atoms with Crippen molar-refractivity contribution in [3.63, 3.8) is 0 Å². The molecule has 2 unspecified atom stereocenters. The molecule has 0 aromatic heterocycles. The normalized spacial score (nSPS) is 21.7. The molecular weight excluding hydrogens is 414 g/mol. The maximum atomic E-state index is 7.58. The molecule has 0 spiro atoms. The van der Waals surface area contributed by atoms with Gasteiger partial charge in [0.25, 0.3) is 0 Å². The number of allylic oxidation sites excluding steroid dienone is 2. The van der Waals surface area contributed by atoms with E-state index in [-0.39, 0.29) is 7.25 Å². The van der Waals surface area contributed by atoms with Crippen molar-refractivity contribution in [1.29, 1.82) is 0 Å². The van der Waals surface area contributed by atoms with Crippen molar-refractivity contribution in [3.8, 4) is 0 Å². The van der Waals surface area contributed by atoms with Crippen LogP contribution < -0.4 is 0 Å². The van der Waals surface area contributed by atoms with Gasteiger partial charge in [0.15, 0.2) is 0 Å². The third-order valence-corrected chi connectivity index (χ3v) is 24.0. The van der Waals surface area contributed by atoms with Crippen molar-refractivity contribution in [3.05, 3.63) is 82.9 Å². The minimum absolute atomic E-state index is 0.131. The molecule has 2 aromatic rings. The van der Waals surface area contributed by atoms with Gasteiger partial charge in [-0.3, -0.25) is 0 Å². The van der Waals surface area contributed by atoms with E-state index in [1.165, 1.54) is 22.3 Å². The Labute approximate surface area is 151 Å². The summed E-state index contributed by atoms with van der Waals surface area (Å²) in [6.07, 6.45) is 9.77. The second kappa shape index (κ2) is 5.91. The molecule has 2 aliphatic carbocycles. The third-order valence-electron chi connectivity index (χ3n) is 5.38. The second-order valence-electron chi connectivity index (χ2n) is 6.77. The van der Waals surface area contributed by atoms with Gasteiger partial charge in [-0.25, -0.2) is 0 Å². The molecule has 0 bridgehead atoms. The number of fused-ring (bicyclic) bond motifs is 2. The summed E-state index contributed by atoms with van der Waals surface area (Å²) in [5, 5.41) is 0.